The zero-order valence-electron chi connectivity index (χ0n) is 8.38. The second-order valence-electron chi connectivity index (χ2n) is 3.39. The Morgan fingerprint density at radius 1 is 1.69 bits per heavy atom. The van der Waals surface area contributed by atoms with Crippen LogP contribution in [-0.2, 0) is 4.74 Å². The van der Waals surface area contributed by atoms with E-state index in [1.54, 1.807) is 7.11 Å². The van der Waals surface area contributed by atoms with Crippen molar-refractivity contribution in [2.45, 2.75) is 13.3 Å². The summed E-state index contributed by atoms with van der Waals surface area (Å²) < 4.78 is 5.12. The lowest BCUT2D eigenvalue weighted by atomic mass is 10.1. The van der Waals surface area contributed by atoms with Crippen LogP contribution in [0.5, 0.6) is 0 Å². The van der Waals surface area contributed by atoms with E-state index in [-0.39, 0.29) is 0 Å². The minimum absolute atomic E-state index is 0.654. The summed E-state index contributed by atoms with van der Waals surface area (Å²) >= 11 is 5.22. The molecular weight excluding hydrogens is 184 g/mol. The lowest BCUT2D eigenvalue weighted by Crippen LogP contribution is -2.38. The largest absolute Gasteiger partial charge is 0.384 e. The lowest BCUT2D eigenvalue weighted by Gasteiger charge is -2.19. The molecule has 1 unspecified atom stereocenters. The predicted molar refractivity (Wildman–Crippen MR) is 57.8 cm³/mol. The van der Waals surface area contributed by atoms with Gasteiger partial charge in [0, 0.05) is 32.7 Å². The Labute approximate surface area is 85.4 Å². The Balaban J connectivity index is 2.27. The number of rotatable bonds is 3. The van der Waals surface area contributed by atoms with Crippen LogP contribution in [0.25, 0.3) is 0 Å². The Morgan fingerprint density at radius 2 is 2.46 bits per heavy atom. The molecule has 13 heavy (non-hydrogen) atoms. The number of nitrogens with zero attached hydrogens (tertiary/aromatic N) is 1. The summed E-state index contributed by atoms with van der Waals surface area (Å²) in [5.74, 6) is 0.654. The molecule has 0 amide bonds. The number of thiocarbonyl (C=S) groups is 1. The molecule has 1 rings (SSSR count). The topological polar surface area (TPSA) is 24.5 Å². The van der Waals surface area contributed by atoms with E-state index in [1.807, 2.05) is 0 Å². The van der Waals surface area contributed by atoms with Crippen LogP contribution in [0.15, 0.2) is 0 Å². The van der Waals surface area contributed by atoms with E-state index in [0.29, 0.717) is 5.92 Å². The minimum Gasteiger partial charge on any atom is -0.384 e. The summed E-state index contributed by atoms with van der Waals surface area (Å²) in [7, 11) is 1.76. The molecule has 0 aromatic carbocycles. The zero-order chi connectivity index (χ0) is 9.68. The summed E-state index contributed by atoms with van der Waals surface area (Å²) in [6.45, 7) is 5.93. The van der Waals surface area contributed by atoms with Crippen LogP contribution in [0.4, 0.5) is 0 Å². The quantitative estimate of drug-likeness (QED) is 0.686. The summed E-state index contributed by atoms with van der Waals surface area (Å²) in [6.07, 6.45) is 1.19. The fourth-order valence-corrected chi connectivity index (χ4v) is 1.96. The van der Waals surface area contributed by atoms with Gasteiger partial charge in [-0.25, -0.2) is 0 Å². The normalized spacial score (nSPS) is 22.0. The van der Waals surface area contributed by atoms with Crippen LogP contribution >= 0.6 is 12.2 Å². The van der Waals surface area contributed by atoms with Crippen molar-refractivity contribution in [1.29, 1.82) is 0 Å². The molecule has 0 radical (unpaired) electrons. The molecule has 76 valence electrons. The molecule has 1 atom stereocenters. The maximum absolute atomic E-state index is 5.22. The number of hydrogen-bond acceptors (Lipinski definition) is 2. The van der Waals surface area contributed by atoms with Crippen molar-refractivity contribution in [3.63, 3.8) is 0 Å². The maximum Gasteiger partial charge on any atom is 0.168 e. The number of methoxy groups -OCH3 is 1. The molecule has 4 heteroatoms. The van der Waals surface area contributed by atoms with Gasteiger partial charge in [0.2, 0.25) is 0 Å². The van der Waals surface area contributed by atoms with Crippen LogP contribution in [0.1, 0.15) is 13.3 Å². The molecular formula is C9H18N2OS. The van der Waals surface area contributed by atoms with E-state index in [1.165, 1.54) is 6.42 Å². The van der Waals surface area contributed by atoms with Crippen LogP contribution in [0.2, 0.25) is 0 Å². The Kier molecular flexibility index (Phi) is 4.45. The monoisotopic (exact) mass is 202 g/mol. The van der Waals surface area contributed by atoms with Gasteiger partial charge in [-0.05, 0) is 25.6 Å². The number of hydrogen-bond donors (Lipinski definition) is 1. The third-order valence-electron chi connectivity index (χ3n) is 2.30. The highest BCUT2D eigenvalue weighted by Crippen LogP contribution is 2.16. The van der Waals surface area contributed by atoms with Gasteiger partial charge in [-0.1, -0.05) is 0 Å². The van der Waals surface area contributed by atoms with Crippen molar-refractivity contribution in [2.75, 3.05) is 33.4 Å². The van der Waals surface area contributed by atoms with E-state index in [2.05, 4.69) is 17.1 Å². The molecule has 1 heterocycles. The SMILES string of the molecule is CCNC(=S)N1CCC(COC)C1. The Morgan fingerprint density at radius 3 is 3.08 bits per heavy atom. The van der Waals surface area contributed by atoms with Gasteiger partial charge in [0.15, 0.2) is 5.11 Å². The van der Waals surface area contributed by atoms with Gasteiger partial charge in [-0.3, -0.25) is 0 Å². The number of ether oxygens (including phenoxy) is 1. The summed E-state index contributed by atoms with van der Waals surface area (Å²) in [5, 5.41) is 4.06. The molecule has 0 aromatic rings. The van der Waals surface area contributed by atoms with Crippen LogP contribution < -0.4 is 5.32 Å². The molecule has 0 saturated carbocycles. The van der Waals surface area contributed by atoms with E-state index >= 15 is 0 Å². The van der Waals surface area contributed by atoms with E-state index in [4.69, 9.17) is 17.0 Å². The highest BCUT2D eigenvalue weighted by atomic mass is 32.1. The molecule has 1 aliphatic rings. The second kappa shape index (κ2) is 5.40. The van der Waals surface area contributed by atoms with E-state index < -0.39 is 0 Å². The maximum atomic E-state index is 5.22. The van der Waals surface area contributed by atoms with E-state index in [9.17, 15) is 0 Å². The average Bonchev–Trinajstić information content (AvgIpc) is 2.54. The molecule has 0 spiro atoms. The number of nitrogens with one attached hydrogen (secondary N) is 1. The molecule has 0 bridgehead atoms. The summed E-state index contributed by atoms with van der Waals surface area (Å²) in [6, 6.07) is 0. The summed E-state index contributed by atoms with van der Waals surface area (Å²) in [4.78, 5) is 2.22. The fourth-order valence-electron chi connectivity index (χ4n) is 1.65. The van der Waals surface area contributed by atoms with Crippen molar-refractivity contribution in [3.8, 4) is 0 Å². The first-order valence-electron chi connectivity index (χ1n) is 4.79. The van der Waals surface area contributed by atoms with Gasteiger partial charge in [0.05, 0.1) is 6.61 Å². The first-order chi connectivity index (χ1) is 6.27. The standard InChI is InChI=1S/C9H18N2OS/c1-3-10-9(13)11-5-4-8(6-11)7-12-2/h8H,3-7H2,1-2H3,(H,10,13). The molecule has 1 fully saturated rings. The third kappa shape index (κ3) is 3.12. The van der Waals surface area contributed by atoms with Crippen LogP contribution in [0, 0.1) is 5.92 Å². The van der Waals surface area contributed by atoms with Gasteiger partial charge in [0.25, 0.3) is 0 Å². The van der Waals surface area contributed by atoms with Crippen molar-refractivity contribution >= 4 is 17.3 Å². The molecule has 1 saturated heterocycles. The van der Waals surface area contributed by atoms with Crippen LogP contribution in [0.3, 0.4) is 0 Å². The van der Waals surface area contributed by atoms with Gasteiger partial charge in [-0.2, -0.15) is 0 Å². The third-order valence-corrected chi connectivity index (χ3v) is 2.71. The van der Waals surface area contributed by atoms with Gasteiger partial charge in [-0.15, -0.1) is 0 Å². The molecule has 0 aliphatic carbocycles. The second-order valence-corrected chi connectivity index (χ2v) is 3.78. The summed E-state index contributed by atoms with van der Waals surface area (Å²) in [5.41, 5.74) is 0. The molecule has 1 N–H and O–H groups in total. The zero-order valence-corrected chi connectivity index (χ0v) is 9.19. The minimum atomic E-state index is 0.654. The average molecular weight is 202 g/mol. The first-order valence-corrected chi connectivity index (χ1v) is 5.20. The fraction of sp³-hybridized carbons (Fsp3) is 0.889. The van der Waals surface area contributed by atoms with Crippen molar-refractivity contribution in [1.82, 2.24) is 10.2 Å². The van der Waals surface area contributed by atoms with Gasteiger partial charge in [0.1, 0.15) is 0 Å². The Hall–Kier alpha value is -0.350. The van der Waals surface area contributed by atoms with Gasteiger partial charge >= 0.3 is 0 Å². The van der Waals surface area contributed by atoms with E-state index in [0.717, 1.165) is 31.4 Å². The van der Waals surface area contributed by atoms with Crippen molar-refractivity contribution in [3.05, 3.63) is 0 Å². The van der Waals surface area contributed by atoms with Gasteiger partial charge < -0.3 is 15.0 Å². The predicted octanol–water partition coefficient (Wildman–Crippen LogP) is 0.849. The number of likely N-dealkylation sites (tertiary alicyclic amines) is 1. The molecule has 0 aromatic heterocycles. The highest BCUT2D eigenvalue weighted by molar-refractivity contribution is 7.80. The van der Waals surface area contributed by atoms with Crippen LogP contribution in [-0.4, -0.2) is 43.4 Å². The molecule has 1 aliphatic heterocycles. The highest BCUT2D eigenvalue weighted by Gasteiger charge is 2.23. The first kappa shape index (κ1) is 10.7. The Bertz CT molecular complexity index is 175. The molecule has 3 nitrogen and oxygen atoms in total. The van der Waals surface area contributed by atoms with Crippen molar-refractivity contribution < 1.29 is 4.74 Å². The van der Waals surface area contributed by atoms with Crippen molar-refractivity contribution in [2.24, 2.45) is 5.92 Å². The lowest BCUT2D eigenvalue weighted by molar-refractivity contribution is 0.157. The smallest absolute Gasteiger partial charge is 0.168 e.